The van der Waals surface area contributed by atoms with E-state index in [0.717, 1.165) is 105 Å². The van der Waals surface area contributed by atoms with Crippen molar-refractivity contribution in [3.8, 4) is 0 Å². The topological polar surface area (TPSA) is 74.8 Å². The highest BCUT2D eigenvalue weighted by Gasteiger charge is 2.38. The Morgan fingerprint density at radius 1 is 0.905 bits per heavy atom. The van der Waals surface area contributed by atoms with Gasteiger partial charge >= 0.3 is 0 Å². The number of anilines is 5. The highest BCUT2D eigenvalue weighted by molar-refractivity contribution is 5.76. The van der Waals surface area contributed by atoms with E-state index in [1.807, 2.05) is 6.20 Å². The number of hydrogen-bond acceptors (Lipinski definition) is 9. The smallest absolute Gasteiger partial charge is 0.229 e. The van der Waals surface area contributed by atoms with E-state index in [0.29, 0.717) is 36.2 Å². The summed E-state index contributed by atoms with van der Waals surface area (Å²) in [6, 6.07) is 10.3. The molecule has 3 saturated heterocycles. The van der Waals surface area contributed by atoms with Crippen LogP contribution < -0.4 is 30.7 Å². The molecule has 1 saturated carbocycles. The number of likely N-dealkylation sites (N-methyl/N-ethyl adjacent to an activating group) is 1. The minimum atomic E-state index is -0.471. The third-order valence-electron chi connectivity index (χ3n) is 14.4. The Kier molecular flexibility index (Phi) is 14.9. The van der Waals surface area contributed by atoms with Gasteiger partial charge in [0, 0.05) is 90.5 Å². The van der Waals surface area contributed by atoms with Crippen LogP contribution in [0, 0.1) is 11.6 Å². The van der Waals surface area contributed by atoms with Crippen LogP contribution >= 0.6 is 0 Å². The Morgan fingerprint density at radius 2 is 1.60 bits per heavy atom. The van der Waals surface area contributed by atoms with E-state index in [-0.39, 0.29) is 23.1 Å². The zero-order valence-corrected chi connectivity index (χ0v) is 38.9. The first-order valence-electron chi connectivity index (χ1n) is 23.9. The predicted octanol–water partition coefficient (Wildman–Crippen LogP) is 11.5. The van der Waals surface area contributed by atoms with E-state index >= 15 is 0 Å². The van der Waals surface area contributed by atoms with Crippen molar-refractivity contribution in [2.24, 2.45) is 0 Å². The number of piperidine rings is 3. The number of hydrogen-bond donors (Lipinski definition) is 3. The van der Waals surface area contributed by atoms with Gasteiger partial charge in [0.05, 0.1) is 12.2 Å². The Bertz CT molecular complexity index is 2110. The summed E-state index contributed by atoms with van der Waals surface area (Å²) in [4.78, 5) is 19.1. The van der Waals surface area contributed by atoms with Crippen LogP contribution in [0.3, 0.4) is 0 Å². The number of nitrogens with one attached hydrogen (secondary N) is 3. The second-order valence-corrected chi connectivity index (χ2v) is 18.7. The maximum absolute atomic E-state index is 14.6. The number of aryl methyl sites for hydroxylation is 1. The molecule has 1 aliphatic carbocycles. The molecule has 9 nitrogen and oxygen atoms in total. The molecule has 2 aromatic carbocycles. The van der Waals surface area contributed by atoms with Crippen LogP contribution in [-0.4, -0.2) is 72.8 Å². The van der Waals surface area contributed by atoms with Gasteiger partial charge in [-0.05, 0) is 119 Å². The Labute approximate surface area is 376 Å². The van der Waals surface area contributed by atoms with Crippen molar-refractivity contribution in [3.05, 3.63) is 108 Å². The molecule has 2 atom stereocenters. The van der Waals surface area contributed by atoms with Gasteiger partial charge in [0.15, 0.2) is 5.82 Å². The zero-order chi connectivity index (χ0) is 44.8. The number of allylic oxidation sites excluding steroid dienone is 2. The average Bonchev–Trinajstić information content (AvgIpc) is 3.82. The van der Waals surface area contributed by atoms with Crippen molar-refractivity contribution in [1.29, 1.82) is 0 Å². The molecule has 2 unspecified atom stereocenters. The van der Waals surface area contributed by atoms with Gasteiger partial charge in [-0.25, -0.2) is 13.8 Å². The second kappa shape index (κ2) is 20.3. The molecule has 0 bridgehead atoms. The number of fused-ring (bicyclic) bond motifs is 1. The molecule has 4 fully saturated rings. The van der Waals surface area contributed by atoms with E-state index in [9.17, 15) is 8.78 Å². The van der Waals surface area contributed by atoms with Gasteiger partial charge in [-0.1, -0.05) is 72.4 Å². The number of nitrogens with zero attached hydrogens (tertiary/aromatic N) is 6. The molecule has 63 heavy (non-hydrogen) atoms. The molecule has 11 heteroatoms. The first-order valence-corrected chi connectivity index (χ1v) is 23.9. The van der Waals surface area contributed by atoms with E-state index in [1.54, 1.807) is 0 Å². The van der Waals surface area contributed by atoms with E-state index in [2.05, 4.69) is 115 Å². The SMILES string of the molecule is C=C(NC1(CCC)CCN(C)CC1)c1ccc(Nc2ncc3c(n2)N(C2CCCC2)C(CC)C(=C)N3C)c(CC)c1.C=C1CCC(c2c(F)cc(N3CCCCC3)cc2F)C(=C)N1. The van der Waals surface area contributed by atoms with Crippen molar-refractivity contribution in [2.45, 2.75) is 141 Å². The average molecular weight is 862 g/mol. The van der Waals surface area contributed by atoms with Crippen LogP contribution in [0.1, 0.15) is 133 Å². The molecule has 8 rings (SSSR count). The van der Waals surface area contributed by atoms with Crippen LogP contribution in [0.2, 0.25) is 0 Å². The molecule has 0 amide bonds. The monoisotopic (exact) mass is 862 g/mol. The lowest BCUT2D eigenvalue weighted by molar-refractivity contribution is 0.162. The molecule has 3 N–H and O–H groups in total. The normalized spacial score (nSPS) is 21.7. The van der Waals surface area contributed by atoms with E-state index in [4.69, 9.17) is 9.97 Å². The molecule has 3 aromatic rings. The van der Waals surface area contributed by atoms with Gasteiger partial charge in [-0.3, -0.25) is 0 Å². The lowest BCUT2D eigenvalue weighted by Crippen LogP contribution is -2.51. The summed E-state index contributed by atoms with van der Waals surface area (Å²) >= 11 is 0. The summed E-state index contributed by atoms with van der Waals surface area (Å²) in [5.74, 6) is 0.404. The standard InChI is InChI=1S/C34H51N7.C18H22F2N2/c1-8-17-34(18-20-39(6)21-19-34)38-24(4)27-15-16-29(26(9-2)22-27)36-33-35-23-31-32(37-33)41(28-13-11-12-14-28)30(10-3)25(5)40(31)7;1-12-6-7-15(13(2)21-12)18-16(19)10-14(11-17(18)20)22-8-4-3-5-9-22/h15-16,22-23,28,30,38H,4-5,8-14,17-21H2,1-3,6-7H3,(H,35,36,37);10-11,15,21H,1-9H2. The predicted molar refractivity (Wildman–Crippen MR) is 260 cm³/mol. The summed E-state index contributed by atoms with van der Waals surface area (Å²) in [5, 5.41) is 10.5. The van der Waals surface area contributed by atoms with Crippen LogP contribution in [0.4, 0.5) is 37.6 Å². The lowest BCUT2D eigenvalue weighted by atomic mass is 9.83. The molecule has 5 aliphatic rings. The summed E-state index contributed by atoms with van der Waals surface area (Å²) < 4.78 is 29.1. The van der Waals surface area contributed by atoms with Crippen molar-refractivity contribution < 1.29 is 8.78 Å². The van der Waals surface area contributed by atoms with Crippen LogP contribution in [0.5, 0.6) is 0 Å². The largest absolute Gasteiger partial charge is 0.380 e. The minimum Gasteiger partial charge on any atom is -0.380 e. The molecular formula is C52H73F2N9. The Balaban J connectivity index is 0.000000227. The van der Waals surface area contributed by atoms with E-state index in [1.165, 1.54) is 62.6 Å². The van der Waals surface area contributed by atoms with Gasteiger partial charge in [0.2, 0.25) is 5.95 Å². The zero-order valence-electron chi connectivity index (χ0n) is 38.9. The first kappa shape index (κ1) is 46.1. The van der Waals surface area contributed by atoms with Gasteiger partial charge in [-0.15, -0.1) is 0 Å². The van der Waals surface area contributed by atoms with Crippen molar-refractivity contribution >= 4 is 34.5 Å². The fraction of sp³-hybridized carbons (Fsp3) is 0.538. The van der Waals surface area contributed by atoms with Crippen molar-refractivity contribution in [2.75, 3.05) is 60.3 Å². The molecule has 5 heterocycles. The molecule has 340 valence electrons. The lowest BCUT2D eigenvalue weighted by Gasteiger charge is -2.46. The second-order valence-electron chi connectivity index (χ2n) is 18.7. The van der Waals surface area contributed by atoms with Gasteiger partial charge in [0.1, 0.15) is 17.3 Å². The molecular weight excluding hydrogens is 789 g/mol. The van der Waals surface area contributed by atoms with Gasteiger partial charge in [-0.2, -0.15) is 4.98 Å². The van der Waals surface area contributed by atoms with Gasteiger partial charge in [0.25, 0.3) is 0 Å². The minimum absolute atomic E-state index is 0.130. The highest BCUT2D eigenvalue weighted by Crippen LogP contribution is 2.43. The number of halogens is 2. The molecule has 0 spiro atoms. The van der Waals surface area contributed by atoms with Crippen molar-refractivity contribution in [1.82, 2.24) is 25.5 Å². The van der Waals surface area contributed by atoms with E-state index < -0.39 is 11.6 Å². The third kappa shape index (κ3) is 10.2. The fourth-order valence-electron chi connectivity index (χ4n) is 10.7. The molecule has 1 aromatic heterocycles. The first-order chi connectivity index (χ1) is 30.3. The Hall–Kier alpha value is -4.90. The van der Waals surface area contributed by atoms with Gasteiger partial charge < -0.3 is 35.6 Å². The highest BCUT2D eigenvalue weighted by atomic mass is 19.1. The quantitative estimate of drug-likeness (QED) is 0.165. The maximum atomic E-state index is 14.6. The summed E-state index contributed by atoms with van der Waals surface area (Å²) in [6.45, 7) is 27.4. The third-order valence-corrected chi connectivity index (χ3v) is 14.4. The van der Waals surface area contributed by atoms with Crippen LogP contribution in [0.25, 0.3) is 5.70 Å². The number of rotatable bonds is 12. The molecule has 4 aliphatic heterocycles. The summed E-state index contributed by atoms with van der Waals surface area (Å²) in [6.07, 6.45) is 18.3. The van der Waals surface area contributed by atoms with Crippen LogP contribution in [-0.2, 0) is 6.42 Å². The maximum Gasteiger partial charge on any atom is 0.229 e. The number of aromatic nitrogens is 2. The summed E-state index contributed by atoms with van der Waals surface area (Å²) in [5.41, 5.74) is 9.05. The molecule has 0 radical (unpaired) electrons. The van der Waals surface area contributed by atoms with Crippen molar-refractivity contribution in [3.63, 3.8) is 0 Å². The summed E-state index contributed by atoms with van der Waals surface area (Å²) in [7, 11) is 4.32. The fourth-order valence-corrected chi connectivity index (χ4v) is 10.7. The van der Waals surface area contributed by atoms with Crippen LogP contribution in [0.15, 0.2) is 79.9 Å². The number of benzene rings is 2. The number of likely N-dealkylation sites (tertiary alicyclic amines) is 1. The Morgan fingerprint density at radius 3 is 2.24 bits per heavy atom.